The Bertz CT molecular complexity index is 276. The molecule has 0 bridgehead atoms. The van der Waals surface area contributed by atoms with Gasteiger partial charge in [-0.3, -0.25) is 0 Å². The molecule has 0 rings (SSSR count). The molecule has 0 spiro atoms. The van der Waals surface area contributed by atoms with E-state index in [9.17, 15) is 4.57 Å². The molecule has 0 aromatic heterocycles. The molecular formula is C16H34O5P+. The minimum atomic E-state index is -2.01. The first-order chi connectivity index (χ1) is 10.5. The summed E-state index contributed by atoms with van der Waals surface area (Å²) in [6.45, 7) is 11.3. The molecule has 5 nitrogen and oxygen atoms in total. The van der Waals surface area contributed by atoms with Crippen LogP contribution in [0, 0.1) is 0 Å². The van der Waals surface area contributed by atoms with Crippen LogP contribution in [0.5, 0.6) is 0 Å². The van der Waals surface area contributed by atoms with Gasteiger partial charge in [0.25, 0.3) is 5.85 Å². The highest BCUT2D eigenvalue weighted by atomic mass is 31.1. The van der Waals surface area contributed by atoms with Gasteiger partial charge in [-0.2, -0.15) is 0 Å². The number of ether oxygens (including phenoxy) is 3. The first-order valence-electron chi connectivity index (χ1n) is 8.54. The SMILES string of the molecule is CCCCOC(C)[P+](=O)OC(C)(OCCCC)OCCCC. The maximum Gasteiger partial charge on any atom is 0.545 e. The Morgan fingerprint density at radius 2 is 1.36 bits per heavy atom. The molecule has 0 aliphatic heterocycles. The van der Waals surface area contributed by atoms with Crippen LogP contribution in [0.3, 0.4) is 0 Å². The van der Waals surface area contributed by atoms with Gasteiger partial charge in [0.15, 0.2) is 0 Å². The molecule has 0 aromatic carbocycles. The van der Waals surface area contributed by atoms with Crippen LogP contribution in [0.4, 0.5) is 0 Å². The fraction of sp³-hybridized carbons (Fsp3) is 1.00. The van der Waals surface area contributed by atoms with E-state index in [1.165, 1.54) is 0 Å². The Labute approximate surface area is 136 Å². The maximum absolute atomic E-state index is 12.3. The van der Waals surface area contributed by atoms with E-state index in [0.717, 1.165) is 38.5 Å². The fourth-order valence-electron chi connectivity index (χ4n) is 1.59. The van der Waals surface area contributed by atoms with Gasteiger partial charge in [0, 0.05) is 13.8 Å². The van der Waals surface area contributed by atoms with Gasteiger partial charge in [-0.25, -0.2) is 0 Å². The average molecular weight is 337 g/mol. The molecule has 2 unspecified atom stereocenters. The van der Waals surface area contributed by atoms with Crippen molar-refractivity contribution in [1.82, 2.24) is 0 Å². The van der Waals surface area contributed by atoms with Crippen LogP contribution in [0.25, 0.3) is 0 Å². The first kappa shape index (κ1) is 21.9. The lowest BCUT2D eigenvalue weighted by atomic mass is 10.3. The third-order valence-corrected chi connectivity index (χ3v) is 4.39. The van der Waals surface area contributed by atoms with Crippen molar-refractivity contribution >= 4 is 8.03 Å². The van der Waals surface area contributed by atoms with Crippen LogP contribution >= 0.6 is 8.03 Å². The van der Waals surface area contributed by atoms with Crippen molar-refractivity contribution in [2.45, 2.75) is 85.0 Å². The van der Waals surface area contributed by atoms with Crippen LogP contribution in [0.15, 0.2) is 0 Å². The Hall–Kier alpha value is -0.0600. The van der Waals surface area contributed by atoms with E-state index in [1.54, 1.807) is 13.8 Å². The van der Waals surface area contributed by atoms with Crippen molar-refractivity contribution in [2.24, 2.45) is 0 Å². The molecule has 22 heavy (non-hydrogen) atoms. The van der Waals surface area contributed by atoms with Crippen LogP contribution < -0.4 is 0 Å². The van der Waals surface area contributed by atoms with Crippen molar-refractivity contribution in [3.8, 4) is 0 Å². The second-order valence-corrected chi connectivity index (χ2v) is 6.95. The van der Waals surface area contributed by atoms with Gasteiger partial charge in [0.2, 0.25) is 0 Å². The molecular weight excluding hydrogens is 303 g/mol. The molecule has 0 N–H and O–H groups in total. The molecule has 0 fully saturated rings. The third-order valence-electron chi connectivity index (χ3n) is 3.13. The van der Waals surface area contributed by atoms with Crippen LogP contribution in [-0.4, -0.2) is 31.6 Å². The first-order valence-corrected chi connectivity index (χ1v) is 9.78. The summed E-state index contributed by atoms with van der Waals surface area (Å²) in [6.07, 6.45) is 5.86. The van der Waals surface area contributed by atoms with Gasteiger partial charge in [-0.1, -0.05) is 44.6 Å². The minimum absolute atomic E-state index is 0.467. The second-order valence-electron chi connectivity index (χ2n) is 5.47. The molecule has 0 saturated heterocycles. The van der Waals surface area contributed by atoms with Crippen molar-refractivity contribution in [1.29, 1.82) is 0 Å². The van der Waals surface area contributed by atoms with Gasteiger partial charge >= 0.3 is 14.0 Å². The topological polar surface area (TPSA) is 54.0 Å². The minimum Gasteiger partial charge on any atom is -0.333 e. The number of hydrogen-bond donors (Lipinski definition) is 0. The zero-order valence-electron chi connectivity index (χ0n) is 14.9. The Kier molecular flexibility index (Phi) is 13.3. The van der Waals surface area contributed by atoms with E-state index in [1.807, 2.05) is 0 Å². The van der Waals surface area contributed by atoms with E-state index in [4.69, 9.17) is 18.7 Å². The summed E-state index contributed by atoms with van der Waals surface area (Å²) in [5.74, 6) is -1.73. The normalized spacial score (nSPS) is 14.1. The Balaban J connectivity index is 4.41. The van der Waals surface area contributed by atoms with Crippen molar-refractivity contribution < 1.29 is 23.3 Å². The highest BCUT2D eigenvalue weighted by molar-refractivity contribution is 7.39. The van der Waals surface area contributed by atoms with Gasteiger partial charge < -0.3 is 14.2 Å². The highest BCUT2D eigenvalue weighted by Crippen LogP contribution is 2.37. The summed E-state index contributed by atoms with van der Waals surface area (Å²) >= 11 is 0. The monoisotopic (exact) mass is 337 g/mol. The zero-order chi connectivity index (χ0) is 16.8. The molecule has 6 heteroatoms. The smallest absolute Gasteiger partial charge is 0.333 e. The molecule has 0 aliphatic carbocycles. The summed E-state index contributed by atoms with van der Waals surface area (Å²) in [4.78, 5) is 0. The van der Waals surface area contributed by atoms with Crippen LogP contribution in [0.2, 0.25) is 0 Å². The van der Waals surface area contributed by atoms with E-state index in [2.05, 4.69) is 20.8 Å². The van der Waals surface area contributed by atoms with Crippen molar-refractivity contribution in [3.63, 3.8) is 0 Å². The summed E-state index contributed by atoms with van der Waals surface area (Å²) in [5.41, 5.74) is 0. The van der Waals surface area contributed by atoms with E-state index in [-0.39, 0.29) is 0 Å². The summed E-state index contributed by atoms with van der Waals surface area (Å²) in [5, 5.41) is 0. The number of rotatable bonds is 15. The van der Waals surface area contributed by atoms with Crippen molar-refractivity contribution in [3.05, 3.63) is 0 Å². The standard InChI is InChI=1S/C16H34O5P/c1-6-9-12-18-15(4)22(17)21-16(5,19-13-10-7-2)20-14-11-8-3/h15H,6-14H2,1-5H3/q+1. The molecule has 132 valence electrons. The highest BCUT2D eigenvalue weighted by Gasteiger charge is 2.42. The van der Waals surface area contributed by atoms with E-state index < -0.39 is 19.8 Å². The molecule has 0 heterocycles. The summed E-state index contributed by atoms with van der Waals surface area (Å²) in [7, 11) is -2.01. The fourth-order valence-corrected chi connectivity index (χ4v) is 2.40. The molecule has 2 atom stereocenters. The molecule has 0 aromatic rings. The van der Waals surface area contributed by atoms with Gasteiger partial charge in [-0.05, 0) is 23.8 Å². The summed E-state index contributed by atoms with van der Waals surface area (Å²) < 4.78 is 34.7. The molecule has 0 aliphatic rings. The number of unbranched alkanes of at least 4 members (excludes halogenated alkanes) is 3. The van der Waals surface area contributed by atoms with Crippen LogP contribution in [-0.2, 0) is 23.3 Å². The largest absolute Gasteiger partial charge is 0.545 e. The predicted octanol–water partition coefficient (Wildman–Crippen LogP) is 5.22. The van der Waals surface area contributed by atoms with Gasteiger partial charge in [0.05, 0.1) is 19.8 Å². The quantitative estimate of drug-likeness (QED) is 0.233. The lowest BCUT2D eigenvalue weighted by Crippen LogP contribution is -2.35. The lowest BCUT2D eigenvalue weighted by Gasteiger charge is -2.24. The predicted molar refractivity (Wildman–Crippen MR) is 89.1 cm³/mol. The van der Waals surface area contributed by atoms with Crippen LogP contribution in [0.1, 0.15) is 73.1 Å². The molecule has 0 radical (unpaired) electrons. The average Bonchev–Trinajstić information content (AvgIpc) is 2.48. The maximum atomic E-state index is 12.3. The Morgan fingerprint density at radius 3 is 1.82 bits per heavy atom. The summed E-state index contributed by atoms with van der Waals surface area (Å²) in [6, 6.07) is 0. The number of hydrogen-bond acceptors (Lipinski definition) is 5. The zero-order valence-corrected chi connectivity index (χ0v) is 15.8. The Morgan fingerprint density at radius 1 is 0.909 bits per heavy atom. The van der Waals surface area contributed by atoms with Gasteiger partial charge in [-0.15, -0.1) is 0 Å². The second kappa shape index (κ2) is 13.4. The molecule has 0 amide bonds. The van der Waals surface area contributed by atoms with E-state index in [0.29, 0.717) is 19.8 Å². The van der Waals surface area contributed by atoms with E-state index >= 15 is 0 Å². The lowest BCUT2D eigenvalue weighted by molar-refractivity contribution is -0.331. The third kappa shape index (κ3) is 10.6. The van der Waals surface area contributed by atoms with Crippen molar-refractivity contribution in [2.75, 3.05) is 19.8 Å². The van der Waals surface area contributed by atoms with Gasteiger partial charge in [0.1, 0.15) is 0 Å². The molecule has 0 saturated carbocycles.